The molecule has 0 amide bonds. The first kappa shape index (κ1) is 16.8. The predicted octanol–water partition coefficient (Wildman–Crippen LogP) is 2.82. The van der Waals surface area contributed by atoms with Crippen LogP contribution in [0.5, 0.6) is 0 Å². The van der Waals surface area contributed by atoms with Crippen LogP contribution < -0.4 is 0 Å². The van der Waals surface area contributed by atoms with Crippen LogP contribution >= 0.6 is 0 Å². The molecule has 1 fully saturated rings. The van der Waals surface area contributed by atoms with Crippen LogP contribution in [0.15, 0.2) is 28.9 Å². The molecule has 1 aliphatic heterocycles. The molecule has 2 aromatic rings. The van der Waals surface area contributed by atoms with Gasteiger partial charge in [-0.2, -0.15) is 0 Å². The summed E-state index contributed by atoms with van der Waals surface area (Å²) in [6.07, 6.45) is 7.25. The van der Waals surface area contributed by atoms with E-state index in [4.69, 9.17) is 9.15 Å². The molecule has 0 saturated carbocycles. The first-order valence-electron chi connectivity index (χ1n) is 8.46. The van der Waals surface area contributed by atoms with Gasteiger partial charge in [-0.15, -0.1) is 0 Å². The minimum Gasteiger partial charge on any atom is -0.463 e. The van der Waals surface area contributed by atoms with E-state index in [2.05, 4.69) is 21.4 Å². The summed E-state index contributed by atoms with van der Waals surface area (Å²) in [5.41, 5.74) is 0. The highest BCUT2D eigenvalue weighted by molar-refractivity contribution is 5.86. The second-order valence-corrected chi connectivity index (χ2v) is 6.53. The Bertz CT molecular complexity index is 691. The van der Waals surface area contributed by atoms with Crippen LogP contribution in [0.25, 0.3) is 0 Å². The maximum absolute atomic E-state index is 11.5. The summed E-state index contributed by atoms with van der Waals surface area (Å²) in [7, 11) is 3.41. The molecule has 0 aliphatic carbocycles. The van der Waals surface area contributed by atoms with E-state index in [1.807, 2.05) is 25.5 Å². The number of ether oxygens (including phenoxy) is 1. The van der Waals surface area contributed by atoms with E-state index in [1.165, 1.54) is 20.0 Å². The van der Waals surface area contributed by atoms with Gasteiger partial charge in [-0.3, -0.25) is 4.90 Å². The van der Waals surface area contributed by atoms with Crippen LogP contribution in [0.3, 0.4) is 0 Å². The number of methoxy groups -OCH3 is 1. The van der Waals surface area contributed by atoms with Crippen LogP contribution in [0.2, 0.25) is 0 Å². The first-order valence-corrected chi connectivity index (χ1v) is 8.46. The molecule has 2 aromatic heterocycles. The van der Waals surface area contributed by atoms with Crippen LogP contribution in [0, 0.1) is 5.92 Å². The molecule has 130 valence electrons. The van der Waals surface area contributed by atoms with Crippen molar-refractivity contribution in [3.63, 3.8) is 0 Å². The third-order valence-electron chi connectivity index (χ3n) is 4.92. The first-order chi connectivity index (χ1) is 11.6. The van der Waals surface area contributed by atoms with E-state index in [-0.39, 0.29) is 11.8 Å². The lowest BCUT2D eigenvalue weighted by Crippen LogP contribution is -2.38. The van der Waals surface area contributed by atoms with Crippen molar-refractivity contribution in [1.29, 1.82) is 0 Å². The standard InChI is InChI=1S/C18H25N3O3/c1-13(15-6-7-16(24-15)18(22)23-3)21-9-4-5-14(12-21)11-17-19-8-10-20(17)2/h6-8,10,13-14H,4-5,9,11-12H2,1-3H3/t13-,14+/m1/s1. The van der Waals surface area contributed by atoms with Crippen molar-refractivity contribution in [2.45, 2.75) is 32.2 Å². The summed E-state index contributed by atoms with van der Waals surface area (Å²) < 4.78 is 12.5. The van der Waals surface area contributed by atoms with Gasteiger partial charge in [0.15, 0.2) is 0 Å². The van der Waals surface area contributed by atoms with Gasteiger partial charge in [-0.25, -0.2) is 9.78 Å². The van der Waals surface area contributed by atoms with Crippen LogP contribution in [0.1, 0.15) is 47.9 Å². The Morgan fingerprint density at radius 3 is 3.04 bits per heavy atom. The highest BCUT2D eigenvalue weighted by Crippen LogP contribution is 2.29. The molecule has 2 atom stereocenters. The van der Waals surface area contributed by atoms with E-state index in [9.17, 15) is 4.79 Å². The Kier molecular flexibility index (Phi) is 5.04. The summed E-state index contributed by atoms with van der Waals surface area (Å²) in [6, 6.07) is 3.71. The average Bonchev–Trinajstić information content (AvgIpc) is 3.24. The molecule has 3 heterocycles. The SMILES string of the molecule is COC(=O)c1ccc([C@@H](C)N2CCC[C@@H](Cc3nccn3C)C2)o1. The highest BCUT2D eigenvalue weighted by Gasteiger charge is 2.27. The molecule has 1 aliphatic rings. The van der Waals surface area contributed by atoms with Gasteiger partial charge in [0.05, 0.1) is 13.2 Å². The fraction of sp³-hybridized carbons (Fsp3) is 0.556. The normalized spacial score (nSPS) is 20.0. The maximum atomic E-state index is 11.5. The number of hydrogen-bond donors (Lipinski definition) is 0. The molecule has 1 saturated heterocycles. The number of carbonyl (C=O) groups is 1. The number of esters is 1. The molecule has 0 N–H and O–H groups in total. The summed E-state index contributed by atoms with van der Waals surface area (Å²) in [4.78, 5) is 18.4. The molecule has 0 bridgehead atoms. The smallest absolute Gasteiger partial charge is 0.373 e. The molecule has 6 heteroatoms. The fourth-order valence-electron chi connectivity index (χ4n) is 3.43. The van der Waals surface area contributed by atoms with Crippen molar-refractivity contribution in [2.24, 2.45) is 13.0 Å². The highest BCUT2D eigenvalue weighted by atomic mass is 16.5. The van der Waals surface area contributed by atoms with Gasteiger partial charge in [0.2, 0.25) is 5.76 Å². The Labute approximate surface area is 142 Å². The second-order valence-electron chi connectivity index (χ2n) is 6.53. The summed E-state index contributed by atoms with van der Waals surface area (Å²) in [6.45, 7) is 4.19. The molecular formula is C18H25N3O3. The Balaban J connectivity index is 1.64. The van der Waals surface area contributed by atoms with Crippen molar-refractivity contribution in [3.8, 4) is 0 Å². The number of carbonyl (C=O) groups excluding carboxylic acids is 1. The van der Waals surface area contributed by atoms with Gasteiger partial charge >= 0.3 is 5.97 Å². The molecule has 3 rings (SSSR count). The Morgan fingerprint density at radius 2 is 2.33 bits per heavy atom. The van der Waals surface area contributed by atoms with Crippen molar-refractivity contribution in [1.82, 2.24) is 14.5 Å². The third-order valence-corrected chi connectivity index (χ3v) is 4.92. The van der Waals surface area contributed by atoms with E-state index in [1.54, 1.807) is 6.07 Å². The number of furan rings is 1. The number of aromatic nitrogens is 2. The van der Waals surface area contributed by atoms with E-state index >= 15 is 0 Å². The molecular weight excluding hydrogens is 306 g/mol. The summed E-state index contributed by atoms with van der Waals surface area (Å²) >= 11 is 0. The van der Waals surface area contributed by atoms with Gasteiger partial charge < -0.3 is 13.7 Å². The van der Waals surface area contributed by atoms with Crippen LogP contribution in [-0.2, 0) is 18.2 Å². The van der Waals surface area contributed by atoms with E-state index in [0.29, 0.717) is 5.92 Å². The van der Waals surface area contributed by atoms with Crippen molar-refractivity contribution in [3.05, 3.63) is 41.9 Å². The lowest BCUT2D eigenvalue weighted by molar-refractivity contribution is 0.0555. The van der Waals surface area contributed by atoms with Crippen LogP contribution in [0.4, 0.5) is 0 Å². The lowest BCUT2D eigenvalue weighted by Gasteiger charge is -2.36. The van der Waals surface area contributed by atoms with Gasteiger partial charge in [-0.1, -0.05) is 0 Å². The zero-order chi connectivity index (χ0) is 17.1. The largest absolute Gasteiger partial charge is 0.463 e. The average molecular weight is 331 g/mol. The predicted molar refractivity (Wildman–Crippen MR) is 89.7 cm³/mol. The zero-order valence-corrected chi connectivity index (χ0v) is 14.6. The number of imidazole rings is 1. The maximum Gasteiger partial charge on any atom is 0.373 e. The van der Waals surface area contributed by atoms with Gasteiger partial charge in [0.25, 0.3) is 0 Å². The number of likely N-dealkylation sites (tertiary alicyclic amines) is 1. The summed E-state index contributed by atoms with van der Waals surface area (Å²) in [5.74, 6) is 2.38. The number of nitrogens with zero attached hydrogens (tertiary/aromatic N) is 3. The van der Waals surface area contributed by atoms with Crippen molar-refractivity contribution >= 4 is 5.97 Å². The third kappa shape index (κ3) is 3.53. The van der Waals surface area contributed by atoms with Crippen molar-refractivity contribution < 1.29 is 13.9 Å². The van der Waals surface area contributed by atoms with Gasteiger partial charge in [0, 0.05) is 32.4 Å². The number of piperidine rings is 1. The molecule has 24 heavy (non-hydrogen) atoms. The second kappa shape index (κ2) is 7.21. The van der Waals surface area contributed by atoms with E-state index < -0.39 is 5.97 Å². The quantitative estimate of drug-likeness (QED) is 0.789. The molecule has 0 aromatic carbocycles. The topological polar surface area (TPSA) is 60.5 Å². The monoisotopic (exact) mass is 331 g/mol. The molecule has 6 nitrogen and oxygen atoms in total. The van der Waals surface area contributed by atoms with Crippen molar-refractivity contribution in [2.75, 3.05) is 20.2 Å². The van der Waals surface area contributed by atoms with Gasteiger partial charge in [0.1, 0.15) is 11.6 Å². The van der Waals surface area contributed by atoms with E-state index in [0.717, 1.165) is 31.1 Å². The van der Waals surface area contributed by atoms with Crippen LogP contribution in [-0.4, -0.2) is 40.6 Å². The van der Waals surface area contributed by atoms with Gasteiger partial charge in [-0.05, 0) is 44.4 Å². The number of hydrogen-bond acceptors (Lipinski definition) is 5. The molecule has 0 radical (unpaired) electrons. The molecule has 0 spiro atoms. The molecule has 0 unspecified atom stereocenters. The zero-order valence-electron chi connectivity index (χ0n) is 14.6. The Morgan fingerprint density at radius 1 is 1.50 bits per heavy atom. The Hall–Kier alpha value is -2.08. The number of rotatable bonds is 5. The minimum absolute atomic E-state index is 0.146. The lowest BCUT2D eigenvalue weighted by atomic mass is 9.93. The fourth-order valence-corrected chi connectivity index (χ4v) is 3.43. The summed E-state index contributed by atoms with van der Waals surface area (Å²) in [5, 5.41) is 0. The number of aryl methyl sites for hydroxylation is 1. The minimum atomic E-state index is -0.431.